The third-order valence-electron chi connectivity index (χ3n) is 11.7. The Bertz CT molecular complexity index is 3060. The minimum atomic E-state index is -3.93. The maximum absolute atomic E-state index is 13.6. The molecule has 0 spiro atoms. The van der Waals surface area contributed by atoms with E-state index in [1.807, 2.05) is 0 Å². The molecule has 22 heteroatoms. The van der Waals surface area contributed by atoms with Crippen LogP contribution in [0, 0.1) is 11.6 Å². The highest BCUT2D eigenvalue weighted by atomic mass is 35.5. The Hall–Kier alpha value is -4.74. The maximum Gasteiger partial charge on any atom is 0.256 e. The first-order valence-corrected chi connectivity index (χ1v) is 29.2. The summed E-state index contributed by atoms with van der Waals surface area (Å²) in [5, 5.41) is 25.6. The summed E-state index contributed by atoms with van der Waals surface area (Å²) in [6.45, 7) is 8.38. The second kappa shape index (κ2) is 21.1. The first-order valence-electron chi connectivity index (χ1n) is 21.8. The maximum atomic E-state index is 13.6. The van der Waals surface area contributed by atoms with E-state index < -0.39 is 63.8 Å². The molecule has 2 amide bonds. The number of sulfonamides is 2. The van der Waals surface area contributed by atoms with Crippen molar-refractivity contribution < 1.29 is 50.2 Å². The van der Waals surface area contributed by atoms with E-state index in [9.17, 15) is 45.4 Å². The summed E-state index contributed by atoms with van der Waals surface area (Å²) in [6, 6.07) is 17.8. The summed E-state index contributed by atoms with van der Waals surface area (Å²) in [7, 11) is -9.06. The SMILES string of the molecule is C[Si](C)(C)CCOCn1ccc2c(C(=O)Nc3ccc(F)c(Cl)c3)cc(S(=O)(=O)N3CCC(O)CC3)cc21.O=C(Nc1ccc(F)c(Cl)c1)c1cc(S(=O)(=O)N2CCC(O)CC2)cc2[nH]ccc12. The molecule has 68 heavy (non-hydrogen) atoms. The van der Waals surface area contributed by atoms with E-state index in [0.29, 0.717) is 54.1 Å². The average molecular weight is 1030 g/mol. The van der Waals surface area contributed by atoms with Gasteiger partial charge in [-0.2, -0.15) is 8.61 Å². The standard InChI is InChI=1S/C26H33ClFN3O5SSi.C20H19ClFN3O4S/c1-38(2,3)13-12-36-17-30-9-8-21-22(26(33)29-18-4-5-24(28)23(27)14-18)15-20(16-25(21)30)37(34,35)31-10-6-19(32)7-11-31;21-17-9-12(1-2-18(17)22)24-20(27)16-10-14(11-19-15(16)3-6-23-19)30(28,29)25-7-4-13(26)5-8-25/h4-5,8-9,14-16,19,32H,6-7,10-13,17H2,1-3H3,(H,29,33);1-3,6,9-11,13,23,26H,4-5,7-8H2,(H,24,27). The van der Waals surface area contributed by atoms with Crippen LogP contribution in [0.2, 0.25) is 35.7 Å². The Kier molecular flexibility index (Phi) is 15.9. The van der Waals surface area contributed by atoms with Gasteiger partial charge in [-0.05, 0) is 105 Å². The monoisotopic (exact) mass is 1030 g/mol. The Morgan fingerprint density at radius 3 is 1.69 bits per heavy atom. The molecule has 0 radical (unpaired) electrons. The second-order valence-corrected chi connectivity index (χ2v) is 28.2. The van der Waals surface area contributed by atoms with Crippen LogP contribution < -0.4 is 10.6 Å². The number of carbonyl (C=O) groups excluding carboxylic acids is 2. The molecule has 364 valence electrons. The number of nitrogens with zero attached hydrogens (tertiary/aromatic N) is 3. The smallest absolute Gasteiger partial charge is 0.256 e. The molecule has 0 unspecified atom stereocenters. The van der Waals surface area contributed by atoms with Crippen LogP contribution in [0.15, 0.2) is 95.0 Å². The van der Waals surface area contributed by atoms with Crippen molar-refractivity contribution in [3.63, 3.8) is 0 Å². The van der Waals surface area contributed by atoms with Crippen LogP contribution in [0.25, 0.3) is 21.8 Å². The molecule has 5 N–H and O–H groups in total. The number of hydrogen-bond donors (Lipinski definition) is 5. The number of ether oxygens (including phenoxy) is 1. The quantitative estimate of drug-likeness (QED) is 0.0555. The number of piperidine rings is 2. The number of fused-ring (bicyclic) bond motifs is 2. The molecule has 4 heterocycles. The summed E-state index contributed by atoms with van der Waals surface area (Å²) in [5.41, 5.74) is 1.91. The number of benzene rings is 4. The van der Waals surface area contributed by atoms with Crippen molar-refractivity contribution in [2.24, 2.45) is 0 Å². The van der Waals surface area contributed by atoms with E-state index in [0.717, 1.165) is 18.2 Å². The number of amides is 2. The van der Waals surface area contributed by atoms with Crippen molar-refractivity contribution in [3.05, 3.63) is 118 Å². The van der Waals surface area contributed by atoms with Gasteiger partial charge in [0.25, 0.3) is 11.8 Å². The molecule has 0 atom stereocenters. The van der Waals surface area contributed by atoms with Crippen molar-refractivity contribution in [3.8, 4) is 0 Å². The lowest BCUT2D eigenvalue weighted by Gasteiger charge is -2.29. The first-order chi connectivity index (χ1) is 32.1. The van der Waals surface area contributed by atoms with Gasteiger partial charge in [0.15, 0.2) is 0 Å². The van der Waals surface area contributed by atoms with Crippen LogP contribution in [0.5, 0.6) is 0 Å². The molecular formula is C46H52Cl2F2N6O9S2Si. The first kappa shape index (κ1) is 51.1. The summed E-state index contributed by atoms with van der Waals surface area (Å²) < 4.78 is 90.7. The van der Waals surface area contributed by atoms with Crippen LogP contribution in [-0.2, 0) is 31.5 Å². The van der Waals surface area contributed by atoms with Crippen LogP contribution in [0.1, 0.15) is 46.4 Å². The van der Waals surface area contributed by atoms with Crippen molar-refractivity contribution in [2.75, 3.05) is 43.4 Å². The number of rotatable bonds is 13. The topological polar surface area (TPSA) is 203 Å². The zero-order chi connectivity index (χ0) is 49.1. The number of aromatic nitrogens is 2. The fourth-order valence-electron chi connectivity index (χ4n) is 7.75. The summed E-state index contributed by atoms with van der Waals surface area (Å²) in [6.07, 6.45) is 3.76. The van der Waals surface area contributed by atoms with E-state index in [2.05, 4.69) is 35.3 Å². The lowest BCUT2D eigenvalue weighted by atomic mass is 10.1. The number of hydrogen-bond acceptors (Lipinski definition) is 9. The Morgan fingerprint density at radius 2 is 1.21 bits per heavy atom. The molecule has 0 bridgehead atoms. The third-order valence-corrected chi connectivity index (χ3v) is 17.7. The molecule has 0 aliphatic carbocycles. The average Bonchev–Trinajstić information content (AvgIpc) is 3.95. The van der Waals surface area contributed by atoms with Gasteiger partial charge >= 0.3 is 0 Å². The fourth-order valence-corrected chi connectivity index (χ4v) is 11.9. The molecular weight excluding hydrogens is 982 g/mol. The minimum absolute atomic E-state index is 0.0175. The second-order valence-electron chi connectivity index (χ2n) is 17.9. The summed E-state index contributed by atoms with van der Waals surface area (Å²) in [4.78, 5) is 29.2. The van der Waals surface area contributed by atoms with Crippen LogP contribution in [-0.4, -0.2) is 110 Å². The van der Waals surface area contributed by atoms with E-state index in [1.165, 1.54) is 51.1 Å². The van der Waals surface area contributed by atoms with Gasteiger partial charge in [0, 0.05) is 80.9 Å². The molecule has 4 aromatic carbocycles. The highest BCUT2D eigenvalue weighted by Crippen LogP contribution is 2.31. The third kappa shape index (κ3) is 12.0. The number of aromatic amines is 1. The Balaban J connectivity index is 0.000000207. The highest BCUT2D eigenvalue weighted by Gasteiger charge is 2.32. The van der Waals surface area contributed by atoms with E-state index >= 15 is 0 Å². The van der Waals surface area contributed by atoms with Gasteiger partial charge in [0.2, 0.25) is 20.0 Å². The fraction of sp³-hybridized carbons (Fsp3) is 0.348. The van der Waals surface area contributed by atoms with Crippen LogP contribution >= 0.6 is 23.2 Å². The molecule has 8 rings (SSSR count). The van der Waals surface area contributed by atoms with Gasteiger partial charge in [0.05, 0.1) is 48.7 Å². The normalized spacial score (nSPS) is 15.9. The minimum Gasteiger partial charge on any atom is -0.393 e. The number of aliphatic hydroxyl groups is 2. The molecule has 2 aliphatic heterocycles. The van der Waals surface area contributed by atoms with Gasteiger partial charge in [-0.15, -0.1) is 0 Å². The molecule has 2 saturated heterocycles. The summed E-state index contributed by atoms with van der Waals surface area (Å²) in [5.74, 6) is -2.32. The van der Waals surface area contributed by atoms with Gasteiger partial charge in [-0.25, -0.2) is 25.6 Å². The Morgan fingerprint density at radius 1 is 0.721 bits per heavy atom. The van der Waals surface area contributed by atoms with Crippen LogP contribution in [0.4, 0.5) is 20.2 Å². The zero-order valence-corrected chi connectivity index (χ0v) is 41.6. The molecule has 2 fully saturated rings. The van der Waals surface area contributed by atoms with Gasteiger partial charge in [0.1, 0.15) is 18.4 Å². The van der Waals surface area contributed by atoms with Crippen LogP contribution in [0.3, 0.4) is 0 Å². The van der Waals surface area contributed by atoms with Crippen molar-refractivity contribution >= 4 is 96.3 Å². The van der Waals surface area contributed by atoms with Crippen molar-refractivity contribution in [2.45, 2.75) is 80.1 Å². The van der Waals surface area contributed by atoms with E-state index in [-0.39, 0.29) is 75.2 Å². The van der Waals surface area contributed by atoms with E-state index in [1.54, 1.807) is 35.2 Å². The van der Waals surface area contributed by atoms with Crippen molar-refractivity contribution in [1.29, 1.82) is 0 Å². The van der Waals surface area contributed by atoms with Gasteiger partial charge in [-0.3, -0.25) is 9.59 Å². The van der Waals surface area contributed by atoms with Gasteiger partial charge < -0.3 is 35.1 Å². The lowest BCUT2D eigenvalue weighted by Crippen LogP contribution is -2.40. The lowest BCUT2D eigenvalue weighted by molar-refractivity contribution is 0.0902. The molecule has 2 aromatic heterocycles. The highest BCUT2D eigenvalue weighted by molar-refractivity contribution is 7.89. The van der Waals surface area contributed by atoms with Gasteiger partial charge in [-0.1, -0.05) is 42.8 Å². The Labute approximate surface area is 404 Å². The number of anilines is 2. The number of aliphatic hydroxyl groups excluding tert-OH is 2. The zero-order valence-electron chi connectivity index (χ0n) is 37.4. The predicted molar refractivity (Wildman–Crippen MR) is 261 cm³/mol. The molecule has 0 saturated carbocycles. The number of H-pyrrole nitrogens is 1. The predicted octanol–water partition coefficient (Wildman–Crippen LogP) is 8.50. The largest absolute Gasteiger partial charge is 0.393 e. The van der Waals surface area contributed by atoms with Crippen molar-refractivity contribution in [1.82, 2.24) is 18.2 Å². The number of halogens is 4. The molecule has 15 nitrogen and oxygen atoms in total. The number of carbonyl (C=O) groups is 2. The number of nitrogens with one attached hydrogen (secondary N) is 3. The summed E-state index contributed by atoms with van der Waals surface area (Å²) >= 11 is 11.6. The van der Waals surface area contributed by atoms with E-state index in [4.69, 9.17) is 27.9 Å². The molecule has 6 aromatic rings. The molecule has 2 aliphatic rings.